The second-order valence-corrected chi connectivity index (χ2v) is 5.09. The lowest BCUT2D eigenvalue weighted by molar-refractivity contribution is 0.0883. The van der Waals surface area contributed by atoms with Gasteiger partial charge < -0.3 is 10.5 Å². The summed E-state index contributed by atoms with van der Waals surface area (Å²) in [6.45, 7) is 2.93. The Kier molecular flexibility index (Phi) is 4.05. The molecule has 0 aliphatic carbocycles. The normalized spacial score (nSPS) is 24.5. The molecule has 94 valence electrons. The molecule has 1 fully saturated rings. The van der Waals surface area contributed by atoms with Crippen LogP contribution < -0.4 is 5.73 Å². The topological polar surface area (TPSA) is 38.5 Å². The van der Waals surface area contributed by atoms with Crippen LogP contribution in [0, 0.1) is 0 Å². The zero-order valence-corrected chi connectivity index (χ0v) is 10.9. The van der Waals surface area contributed by atoms with Gasteiger partial charge in [-0.15, -0.1) is 0 Å². The van der Waals surface area contributed by atoms with E-state index in [4.69, 9.17) is 22.1 Å². The largest absolute Gasteiger partial charge is 0.379 e. The van der Waals surface area contributed by atoms with Gasteiger partial charge in [0.1, 0.15) is 0 Å². The van der Waals surface area contributed by atoms with Crippen molar-refractivity contribution in [2.45, 2.75) is 18.5 Å². The molecule has 1 unspecified atom stereocenters. The third kappa shape index (κ3) is 2.63. The SMILES string of the molecule is CN(Cc1ccccc1Cl)C1(CN)CCOC1. The number of hydrogen-bond donors (Lipinski definition) is 1. The molecule has 0 amide bonds. The van der Waals surface area contributed by atoms with Crippen molar-refractivity contribution in [1.29, 1.82) is 0 Å². The minimum atomic E-state index is -0.0286. The van der Waals surface area contributed by atoms with Gasteiger partial charge >= 0.3 is 0 Å². The van der Waals surface area contributed by atoms with Gasteiger partial charge in [0.25, 0.3) is 0 Å². The zero-order chi connectivity index (χ0) is 12.3. The number of nitrogens with two attached hydrogens (primary N) is 1. The summed E-state index contributed by atoms with van der Waals surface area (Å²) in [5, 5.41) is 0.811. The second kappa shape index (κ2) is 5.36. The predicted octanol–water partition coefficient (Wildman–Crippen LogP) is 1.89. The van der Waals surface area contributed by atoms with Crippen LogP contribution in [0.1, 0.15) is 12.0 Å². The molecule has 1 atom stereocenters. The van der Waals surface area contributed by atoms with Crippen LogP contribution in [-0.2, 0) is 11.3 Å². The Hall–Kier alpha value is -0.610. The Labute approximate surface area is 107 Å². The molecule has 17 heavy (non-hydrogen) atoms. The quantitative estimate of drug-likeness (QED) is 0.892. The van der Waals surface area contributed by atoms with Crippen LogP contribution in [0.25, 0.3) is 0 Å². The van der Waals surface area contributed by atoms with Crippen molar-refractivity contribution < 1.29 is 4.74 Å². The summed E-state index contributed by atoms with van der Waals surface area (Å²) in [5.41, 5.74) is 7.01. The number of hydrogen-bond acceptors (Lipinski definition) is 3. The Morgan fingerprint density at radius 1 is 1.47 bits per heavy atom. The molecule has 2 N–H and O–H groups in total. The Balaban J connectivity index is 2.10. The molecule has 4 heteroatoms. The van der Waals surface area contributed by atoms with E-state index in [1.807, 2.05) is 18.2 Å². The summed E-state index contributed by atoms with van der Waals surface area (Å²) >= 11 is 6.17. The van der Waals surface area contributed by atoms with Crippen molar-refractivity contribution in [3.05, 3.63) is 34.9 Å². The number of ether oxygens (including phenoxy) is 1. The van der Waals surface area contributed by atoms with E-state index in [9.17, 15) is 0 Å². The van der Waals surface area contributed by atoms with Gasteiger partial charge in [0.2, 0.25) is 0 Å². The maximum atomic E-state index is 6.17. The van der Waals surface area contributed by atoms with Crippen molar-refractivity contribution in [3.63, 3.8) is 0 Å². The first kappa shape index (κ1) is 12.8. The van der Waals surface area contributed by atoms with Crippen LogP contribution in [0.15, 0.2) is 24.3 Å². The van der Waals surface area contributed by atoms with Gasteiger partial charge in [-0.1, -0.05) is 29.8 Å². The fourth-order valence-corrected chi connectivity index (χ4v) is 2.46. The van der Waals surface area contributed by atoms with Crippen LogP contribution in [0.5, 0.6) is 0 Å². The first-order chi connectivity index (χ1) is 8.18. The highest BCUT2D eigenvalue weighted by atomic mass is 35.5. The smallest absolute Gasteiger partial charge is 0.0663 e. The first-order valence-electron chi connectivity index (χ1n) is 5.90. The summed E-state index contributed by atoms with van der Waals surface area (Å²) in [5.74, 6) is 0. The summed E-state index contributed by atoms with van der Waals surface area (Å²) in [6, 6.07) is 7.93. The lowest BCUT2D eigenvalue weighted by atomic mass is 9.96. The van der Waals surface area contributed by atoms with E-state index in [1.54, 1.807) is 0 Å². The van der Waals surface area contributed by atoms with E-state index in [-0.39, 0.29) is 5.54 Å². The van der Waals surface area contributed by atoms with Crippen LogP contribution >= 0.6 is 11.6 Å². The summed E-state index contributed by atoms with van der Waals surface area (Å²) in [4.78, 5) is 2.27. The highest BCUT2D eigenvalue weighted by Crippen LogP contribution is 2.27. The fourth-order valence-electron chi connectivity index (χ4n) is 2.26. The molecule has 3 nitrogen and oxygen atoms in total. The van der Waals surface area contributed by atoms with Crippen LogP contribution in [0.4, 0.5) is 0 Å². The minimum absolute atomic E-state index is 0.0286. The van der Waals surface area contributed by atoms with E-state index in [0.717, 1.165) is 30.2 Å². The Morgan fingerprint density at radius 3 is 2.82 bits per heavy atom. The fraction of sp³-hybridized carbons (Fsp3) is 0.538. The molecular formula is C13H19ClN2O. The molecule has 1 aromatic carbocycles. The van der Waals surface area contributed by atoms with Gasteiger partial charge in [-0.3, -0.25) is 4.90 Å². The summed E-state index contributed by atoms with van der Waals surface area (Å²) < 4.78 is 5.49. The number of halogens is 1. The highest BCUT2D eigenvalue weighted by molar-refractivity contribution is 6.31. The van der Waals surface area contributed by atoms with Gasteiger partial charge in [-0.2, -0.15) is 0 Å². The molecule has 1 aliphatic heterocycles. The summed E-state index contributed by atoms with van der Waals surface area (Å²) in [7, 11) is 2.09. The minimum Gasteiger partial charge on any atom is -0.379 e. The maximum Gasteiger partial charge on any atom is 0.0663 e. The van der Waals surface area contributed by atoms with E-state index >= 15 is 0 Å². The van der Waals surface area contributed by atoms with Crippen molar-refractivity contribution >= 4 is 11.6 Å². The van der Waals surface area contributed by atoms with Crippen molar-refractivity contribution in [2.24, 2.45) is 5.73 Å². The van der Waals surface area contributed by atoms with Gasteiger partial charge in [0.05, 0.1) is 12.1 Å². The monoisotopic (exact) mass is 254 g/mol. The third-order valence-electron chi connectivity index (χ3n) is 3.64. The van der Waals surface area contributed by atoms with Crippen molar-refractivity contribution in [3.8, 4) is 0 Å². The zero-order valence-electron chi connectivity index (χ0n) is 10.2. The molecule has 0 saturated carbocycles. The molecule has 0 radical (unpaired) electrons. The van der Waals surface area contributed by atoms with E-state index < -0.39 is 0 Å². The van der Waals surface area contributed by atoms with Gasteiger partial charge in [0, 0.05) is 24.7 Å². The lowest BCUT2D eigenvalue weighted by Gasteiger charge is -2.36. The number of nitrogens with zero attached hydrogens (tertiary/aromatic N) is 1. The molecule has 1 saturated heterocycles. The highest BCUT2D eigenvalue weighted by Gasteiger charge is 2.37. The van der Waals surface area contributed by atoms with Gasteiger partial charge in [-0.05, 0) is 25.1 Å². The average molecular weight is 255 g/mol. The average Bonchev–Trinajstić information content (AvgIpc) is 2.82. The molecule has 2 rings (SSSR count). The van der Waals surface area contributed by atoms with Crippen LogP contribution in [-0.4, -0.2) is 37.2 Å². The molecule has 1 aromatic rings. The molecule has 1 aliphatic rings. The van der Waals surface area contributed by atoms with Crippen molar-refractivity contribution in [2.75, 3.05) is 26.8 Å². The Morgan fingerprint density at radius 2 is 2.24 bits per heavy atom. The van der Waals surface area contributed by atoms with Crippen molar-refractivity contribution in [1.82, 2.24) is 4.90 Å². The van der Waals surface area contributed by atoms with Gasteiger partial charge in [0.15, 0.2) is 0 Å². The second-order valence-electron chi connectivity index (χ2n) is 4.68. The van der Waals surface area contributed by atoms with Crippen LogP contribution in [0.3, 0.4) is 0 Å². The Bertz CT molecular complexity index is 377. The standard InChI is InChI=1S/C13H19ClN2O/c1-16(13(9-15)6-7-17-10-13)8-11-4-2-3-5-12(11)14/h2-5H,6-10,15H2,1H3. The lowest BCUT2D eigenvalue weighted by Crippen LogP contribution is -2.52. The molecule has 1 heterocycles. The molecule has 0 spiro atoms. The predicted molar refractivity (Wildman–Crippen MR) is 70.1 cm³/mol. The molecule has 0 aromatic heterocycles. The first-order valence-corrected chi connectivity index (χ1v) is 6.28. The van der Waals surface area contributed by atoms with Gasteiger partial charge in [-0.25, -0.2) is 0 Å². The maximum absolute atomic E-state index is 6.17. The molecule has 0 bridgehead atoms. The molecular weight excluding hydrogens is 236 g/mol. The van der Waals surface area contributed by atoms with Crippen LogP contribution in [0.2, 0.25) is 5.02 Å². The number of rotatable bonds is 4. The summed E-state index contributed by atoms with van der Waals surface area (Å²) in [6.07, 6.45) is 0.991. The number of benzene rings is 1. The number of likely N-dealkylation sites (N-methyl/N-ethyl adjacent to an activating group) is 1. The third-order valence-corrected chi connectivity index (χ3v) is 4.01. The van der Waals surface area contributed by atoms with E-state index in [0.29, 0.717) is 13.2 Å². The van der Waals surface area contributed by atoms with E-state index in [1.165, 1.54) is 0 Å². The van der Waals surface area contributed by atoms with E-state index in [2.05, 4.69) is 18.0 Å².